The van der Waals surface area contributed by atoms with Gasteiger partial charge < -0.3 is 14.8 Å². The summed E-state index contributed by atoms with van der Waals surface area (Å²) in [5, 5.41) is 3.35. The third-order valence-electron chi connectivity index (χ3n) is 3.61. The lowest BCUT2D eigenvalue weighted by atomic mass is 10.1. The highest BCUT2D eigenvalue weighted by atomic mass is 35.5. The fourth-order valence-corrected chi connectivity index (χ4v) is 2.49. The van der Waals surface area contributed by atoms with Gasteiger partial charge in [0.05, 0.1) is 13.2 Å². The van der Waals surface area contributed by atoms with E-state index in [2.05, 4.69) is 5.32 Å². The first-order valence-corrected chi connectivity index (χ1v) is 8.40. The van der Waals surface area contributed by atoms with Gasteiger partial charge in [0.2, 0.25) is 0 Å². The van der Waals surface area contributed by atoms with Gasteiger partial charge in [-0.15, -0.1) is 0 Å². The number of halogens is 1. The summed E-state index contributed by atoms with van der Waals surface area (Å²) in [6, 6.07) is 14.2. The Morgan fingerprint density at radius 3 is 2.69 bits per heavy atom. The molecular formula is C20H20ClNO4. The molecule has 1 N–H and O–H groups in total. The summed E-state index contributed by atoms with van der Waals surface area (Å²) in [5.41, 5.74) is 1.61. The van der Waals surface area contributed by atoms with Crippen molar-refractivity contribution in [3.8, 4) is 5.75 Å². The first kappa shape index (κ1) is 19.5. The summed E-state index contributed by atoms with van der Waals surface area (Å²) in [5.74, 6) is -0.359. The van der Waals surface area contributed by atoms with Crippen molar-refractivity contribution in [3.63, 3.8) is 0 Å². The molecule has 2 aromatic carbocycles. The third kappa shape index (κ3) is 5.93. The van der Waals surface area contributed by atoms with Crippen LogP contribution >= 0.6 is 11.6 Å². The number of rotatable bonds is 7. The molecule has 1 atom stereocenters. The Bertz CT molecular complexity index is 804. The molecule has 136 valence electrons. The minimum atomic E-state index is -0.610. The number of para-hydroxylation sites is 1. The van der Waals surface area contributed by atoms with Gasteiger partial charge >= 0.3 is 5.97 Å². The SMILES string of the molecule is COc1ccccc1/C=C/C(=O)OCC(=O)N[C@@H](C)c1cccc(Cl)c1. The molecule has 0 aliphatic carbocycles. The fraction of sp³-hybridized carbons (Fsp3) is 0.200. The Morgan fingerprint density at radius 2 is 1.96 bits per heavy atom. The van der Waals surface area contributed by atoms with Crippen LogP contribution in [0.25, 0.3) is 6.08 Å². The zero-order chi connectivity index (χ0) is 18.9. The van der Waals surface area contributed by atoms with E-state index in [1.165, 1.54) is 6.08 Å². The zero-order valence-corrected chi connectivity index (χ0v) is 15.3. The van der Waals surface area contributed by atoms with Crippen molar-refractivity contribution in [2.24, 2.45) is 0 Å². The molecule has 0 aromatic heterocycles. The van der Waals surface area contributed by atoms with Gasteiger partial charge in [-0.25, -0.2) is 4.79 Å². The van der Waals surface area contributed by atoms with Gasteiger partial charge in [0.15, 0.2) is 6.61 Å². The van der Waals surface area contributed by atoms with Crippen LogP contribution in [0.3, 0.4) is 0 Å². The molecule has 2 aromatic rings. The van der Waals surface area contributed by atoms with Crippen LogP contribution in [0, 0.1) is 0 Å². The summed E-state index contributed by atoms with van der Waals surface area (Å²) in [4.78, 5) is 23.7. The van der Waals surface area contributed by atoms with E-state index in [0.29, 0.717) is 10.8 Å². The maximum Gasteiger partial charge on any atom is 0.331 e. The van der Waals surface area contributed by atoms with Gasteiger partial charge in [0, 0.05) is 16.7 Å². The van der Waals surface area contributed by atoms with Gasteiger partial charge in [-0.2, -0.15) is 0 Å². The van der Waals surface area contributed by atoms with E-state index in [1.54, 1.807) is 31.4 Å². The summed E-state index contributed by atoms with van der Waals surface area (Å²) >= 11 is 5.94. The molecule has 0 unspecified atom stereocenters. The topological polar surface area (TPSA) is 64.6 Å². The van der Waals surface area contributed by atoms with E-state index >= 15 is 0 Å². The molecule has 0 spiro atoms. The number of benzene rings is 2. The van der Waals surface area contributed by atoms with Crippen molar-refractivity contribution in [2.45, 2.75) is 13.0 Å². The summed E-state index contributed by atoms with van der Waals surface area (Å²) < 4.78 is 10.1. The Labute approximate surface area is 157 Å². The maximum atomic E-state index is 11.9. The lowest BCUT2D eigenvalue weighted by molar-refractivity contribution is -0.144. The van der Waals surface area contributed by atoms with Crippen molar-refractivity contribution in [1.29, 1.82) is 0 Å². The average molecular weight is 374 g/mol. The van der Waals surface area contributed by atoms with E-state index in [9.17, 15) is 9.59 Å². The Hall–Kier alpha value is -2.79. The number of carbonyl (C=O) groups excluding carboxylic acids is 2. The number of esters is 1. The molecule has 5 nitrogen and oxygen atoms in total. The highest BCUT2D eigenvalue weighted by Crippen LogP contribution is 2.19. The van der Waals surface area contributed by atoms with Crippen LogP contribution in [0.5, 0.6) is 5.75 Å². The molecule has 0 saturated carbocycles. The van der Waals surface area contributed by atoms with Crippen LogP contribution in [0.15, 0.2) is 54.6 Å². The number of ether oxygens (including phenoxy) is 2. The van der Waals surface area contributed by atoms with Crippen molar-refractivity contribution in [1.82, 2.24) is 5.32 Å². The van der Waals surface area contributed by atoms with Crippen molar-refractivity contribution in [2.75, 3.05) is 13.7 Å². The van der Waals surface area contributed by atoms with Crippen molar-refractivity contribution < 1.29 is 19.1 Å². The van der Waals surface area contributed by atoms with Gasteiger partial charge in [0.1, 0.15) is 5.75 Å². The zero-order valence-electron chi connectivity index (χ0n) is 14.6. The molecular weight excluding hydrogens is 354 g/mol. The van der Waals surface area contributed by atoms with Crippen molar-refractivity contribution >= 4 is 29.6 Å². The summed E-state index contributed by atoms with van der Waals surface area (Å²) in [6.07, 6.45) is 2.83. The molecule has 0 bridgehead atoms. The molecule has 0 aliphatic rings. The summed E-state index contributed by atoms with van der Waals surface area (Å²) in [6.45, 7) is 1.47. The molecule has 2 rings (SSSR count). The smallest absolute Gasteiger partial charge is 0.331 e. The van der Waals surface area contributed by atoms with Gasteiger partial charge in [-0.1, -0.05) is 41.9 Å². The second-order valence-corrected chi connectivity index (χ2v) is 5.96. The number of hydrogen-bond donors (Lipinski definition) is 1. The van der Waals surface area contributed by atoms with Gasteiger partial charge in [-0.3, -0.25) is 4.79 Å². The Morgan fingerprint density at radius 1 is 1.19 bits per heavy atom. The lowest BCUT2D eigenvalue weighted by Crippen LogP contribution is -2.30. The van der Waals surface area contributed by atoms with E-state index in [0.717, 1.165) is 11.1 Å². The number of carbonyl (C=O) groups is 2. The highest BCUT2D eigenvalue weighted by Gasteiger charge is 2.11. The van der Waals surface area contributed by atoms with Crippen LogP contribution in [-0.4, -0.2) is 25.6 Å². The second-order valence-electron chi connectivity index (χ2n) is 5.53. The number of amides is 1. The minimum Gasteiger partial charge on any atom is -0.496 e. The monoisotopic (exact) mass is 373 g/mol. The van der Waals surface area contributed by atoms with E-state index in [-0.39, 0.29) is 12.6 Å². The van der Waals surface area contributed by atoms with Crippen LogP contribution in [0.2, 0.25) is 5.02 Å². The van der Waals surface area contributed by atoms with Gasteiger partial charge in [-0.05, 0) is 36.8 Å². The molecule has 26 heavy (non-hydrogen) atoms. The molecule has 0 heterocycles. The molecule has 0 radical (unpaired) electrons. The van der Waals surface area contributed by atoms with E-state index < -0.39 is 11.9 Å². The molecule has 0 saturated heterocycles. The predicted molar refractivity (Wildman–Crippen MR) is 101 cm³/mol. The highest BCUT2D eigenvalue weighted by molar-refractivity contribution is 6.30. The molecule has 0 fully saturated rings. The lowest BCUT2D eigenvalue weighted by Gasteiger charge is -2.14. The van der Waals surface area contributed by atoms with Crippen LogP contribution in [0.4, 0.5) is 0 Å². The molecule has 6 heteroatoms. The Balaban J connectivity index is 1.83. The molecule has 1 amide bonds. The summed E-state index contributed by atoms with van der Waals surface area (Å²) in [7, 11) is 1.55. The van der Waals surface area contributed by atoms with Crippen LogP contribution in [0.1, 0.15) is 24.1 Å². The molecule has 0 aliphatic heterocycles. The fourth-order valence-electron chi connectivity index (χ4n) is 2.29. The first-order chi connectivity index (χ1) is 12.5. The standard InChI is InChI=1S/C20H20ClNO4/c1-14(16-7-5-8-17(21)12-16)22-19(23)13-26-20(24)11-10-15-6-3-4-9-18(15)25-2/h3-12,14H,13H2,1-2H3,(H,22,23)/b11-10+/t14-/m0/s1. The normalized spacial score (nSPS) is 11.8. The van der Waals surface area contributed by atoms with E-state index in [1.807, 2.05) is 37.3 Å². The van der Waals surface area contributed by atoms with E-state index in [4.69, 9.17) is 21.1 Å². The van der Waals surface area contributed by atoms with Crippen molar-refractivity contribution in [3.05, 3.63) is 70.8 Å². The van der Waals surface area contributed by atoms with Crippen LogP contribution in [-0.2, 0) is 14.3 Å². The third-order valence-corrected chi connectivity index (χ3v) is 3.84. The number of methoxy groups -OCH3 is 1. The largest absolute Gasteiger partial charge is 0.496 e. The second kappa shape index (κ2) is 9.63. The van der Waals surface area contributed by atoms with Crippen LogP contribution < -0.4 is 10.1 Å². The predicted octanol–water partition coefficient (Wildman–Crippen LogP) is 3.78. The minimum absolute atomic E-state index is 0.246. The number of hydrogen-bond acceptors (Lipinski definition) is 4. The Kier molecular flexibility index (Phi) is 7.24. The quantitative estimate of drug-likeness (QED) is 0.592. The first-order valence-electron chi connectivity index (χ1n) is 8.02. The van der Waals surface area contributed by atoms with Gasteiger partial charge in [0.25, 0.3) is 5.91 Å². The average Bonchev–Trinajstić information content (AvgIpc) is 2.64. The maximum absolute atomic E-state index is 11.9. The number of nitrogens with one attached hydrogen (secondary N) is 1.